The third-order valence-corrected chi connectivity index (χ3v) is 4.02. The van der Waals surface area contributed by atoms with Crippen molar-refractivity contribution in [3.8, 4) is 11.5 Å². The first-order valence-electron chi connectivity index (χ1n) is 7.77. The Labute approximate surface area is 153 Å². The lowest BCUT2D eigenvalue weighted by molar-refractivity contribution is 0.102. The zero-order chi connectivity index (χ0) is 17.9. The Hall–Kier alpha value is -3.45. The van der Waals surface area contributed by atoms with Crippen LogP contribution in [0.2, 0.25) is 5.02 Å². The minimum atomic E-state index is -0.326. The maximum atomic E-state index is 12.4. The highest BCUT2D eigenvalue weighted by atomic mass is 35.5. The third kappa shape index (κ3) is 3.20. The van der Waals surface area contributed by atoms with Crippen LogP contribution in [0.15, 0.2) is 73.6 Å². The second kappa shape index (κ2) is 6.81. The van der Waals surface area contributed by atoms with Crippen LogP contribution in [0.4, 0.5) is 5.69 Å². The molecule has 8 heteroatoms. The summed E-state index contributed by atoms with van der Waals surface area (Å²) in [4.78, 5) is 20.7. The molecule has 0 fully saturated rings. The van der Waals surface area contributed by atoms with Crippen LogP contribution in [-0.4, -0.2) is 30.2 Å². The van der Waals surface area contributed by atoms with Gasteiger partial charge in [0.15, 0.2) is 5.69 Å². The summed E-state index contributed by atoms with van der Waals surface area (Å²) in [6, 6.07) is 12.5. The summed E-state index contributed by atoms with van der Waals surface area (Å²) in [5.74, 6) is 0.386. The van der Waals surface area contributed by atoms with E-state index in [1.165, 1.54) is 0 Å². The number of carbonyl (C=O) groups is 1. The van der Waals surface area contributed by atoms with E-state index in [-0.39, 0.29) is 11.6 Å². The molecular formula is C18H13ClN6O. The summed E-state index contributed by atoms with van der Waals surface area (Å²) in [7, 11) is 0. The number of rotatable bonds is 4. The minimum Gasteiger partial charge on any atom is -0.319 e. The Bertz CT molecular complexity index is 1040. The average molecular weight is 365 g/mol. The molecule has 7 nitrogen and oxygen atoms in total. The normalized spacial score (nSPS) is 10.7. The van der Waals surface area contributed by atoms with E-state index in [2.05, 4.69) is 20.4 Å². The van der Waals surface area contributed by atoms with Gasteiger partial charge in [0.05, 0.1) is 22.6 Å². The molecule has 0 unspecified atom stereocenters. The number of benzene rings is 1. The summed E-state index contributed by atoms with van der Waals surface area (Å²) >= 11 is 6.16. The van der Waals surface area contributed by atoms with Crippen LogP contribution in [0, 0.1) is 0 Å². The van der Waals surface area contributed by atoms with Crippen LogP contribution >= 0.6 is 11.6 Å². The fraction of sp³-hybridized carbons (Fsp3) is 0. The van der Waals surface area contributed by atoms with Gasteiger partial charge in [0, 0.05) is 18.6 Å². The molecule has 3 heterocycles. The number of carbonyl (C=O) groups excluding carboxylic acids is 1. The first-order valence-corrected chi connectivity index (χ1v) is 8.15. The average Bonchev–Trinajstić information content (AvgIpc) is 3.35. The molecule has 0 saturated carbocycles. The molecule has 4 aromatic rings. The molecule has 3 aromatic heterocycles. The van der Waals surface area contributed by atoms with E-state index in [9.17, 15) is 4.79 Å². The molecule has 0 atom stereocenters. The number of imidazole rings is 1. The molecule has 26 heavy (non-hydrogen) atoms. The summed E-state index contributed by atoms with van der Waals surface area (Å²) in [5.41, 5.74) is 1.56. The molecule has 128 valence electrons. The molecule has 0 aliphatic rings. The van der Waals surface area contributed by atoms with Crippen molar-refractivity contribution in [1.29, 1.82) is 0 Å². The van der Waals surface area contributed by atoms with E-state index >= 15 is 0 Å². The highest BCUT2D eigenvalue weighted by Gasteiger charge is 2.12. The number of aromatic nitrogens is 5. The Morgan fingerprint density at radius 1 is 1.08 bits per heavy atom. The van der Waals surface area contributed by atoms with Crippen molar-refractivity contribution in [2.45, 2.75) is 0 Å². The van der Waals surface area contributed by atoms with Gasteiger partial charge in [-0.2, -0.15) is 5.10 Å². The van der Waals surface area contributed by atoms with Gasteiger partial charge < -0.3 is 5.32 Å². The summed E-state index contributed by atoms with van der Waals surface area (Å²) < 4.78 is 3.34. The van der Waals surface area contributed by atoms with Crippen molar-refractivity contribution in [3.63, 3.8) is 0 Å². The number of pyridine rings is 1. The zero-order valence-corrected chi connectivity index (χ0v) is 14.2. The number of hydrogen-bond donors (Lipinski definition) is 1. The van der Waals surface area contributed by atoms with Gasteiger partial charge in [-0.25, -0.2) is 14.6 Å². The van der Waals surface area contributed by atoms with Crippen LogP contribution in [0.3, 0.4) is 0 Å². The van der Waals surface area contributed by atoms with Crippen LogP contribution in [0.1, 0.15) is 10.5 Å². The molecular weight excluding hydrogens is 352 g/mol. The van der Waals surface area contributed by atoms with Crippen molar-refractivity contribution >= 4 is 23.2 Å². The maximum Gasteiger partial charge on any atom is 0.276 e. The molecule has 1 aromatic carbocycles. The number of nitrogens with zero attached hydrogens (tertiary/aromatic N) is 5. The Morgan fingerprint density at radius 3 is 2.69 bits per heavy atom. The van der Waals surface area contributed by atoms with E-state index < -0.39 is 0 Å². The quantitative estimate of drug-likeness (QED) is 0.602. The molecule has 0 saturated heterocycles. The zero-order valence-electron chi connectivity index (χ0n) is 13.5. The first kappa shape index (κ1) is 16.0. The van der Waals surface area contributed by atoms with Crippen molar-refractivity contribution in [3.05, 3.63) is 84.3 Å². The highest BCUT2D eigenvalue weighted by Crippen LogP contribution is 2.19. The standard InChI is InChI=1S/C18H13ClN6O/c19-14-3-1-2-4-16(14)25-9-7-15(23-25)18(26)22-13-5-6-17(21-11-13)24-10-8-20-12-24/h1-12H,(H,22,26). The number of para-hydroxylation sites is 1. The van der Waals surface area contributed by atoms with E-state index in [0.717, 1.165) is 0 Å². The molecule has 0 bridgehead atoms. The lowest BCUT2D eigenvalue weighted by Gasteiger charge is -2.05. The van der Waals surface area contributed by atoms with Gasteiger partial charge in [-0.05, 0) is 30.3 Å². The number of nitrogens with one attached hydrogen (secondary N) is 1. The molecule has 1 N–H and O–H groups in total. The van der Waals surface area contributed by atoms with Crippen molar-refractivity contribution in [1.82, 2.24) is 24.3 Å². The predicted molar refractivity (Wildman–Crippen MR) is 97.9 cm³/mol. The highest BCUT2D eigenvalue weighted by molar-refractivity contribution is 6.32. The molecule has 1 amide bonds. The Morgan fingerprint density at radius 2 is 1.96 bits per heavy atom. The van der Waals surface area contributed by atoms with Gasteiger partial charge >= 0.3 is 0 Å². The van der Waals surface area contributed by atoms with Gasteiger partial charge in [0.2, 0.25) is 0 Å². The van der Waals surface area contributed by atoms with E-state index in [1.54, 1.807) is 64.6 Å². The summed E-state index contributed by atoms with van der Waals surface area (Å²) in [5, 5.41) is 7.62. The predicted octanol–water partition coefficient (Wildman–Crippen LogP) is 3.36. The second-order valence-corrected chi connectivity index (χ2v) is 5.83. The van der Waals surface area contributed by atoms with Crippen LogP contribution in [-0.2, 0) is 0 Å². The topological polar surface area (TPSA) is 77.6 Å². The smallest absolute Gasteiger partial charge is 0.276 e. The maximum absolute atomic E-state index is 12.4. The van der Waals surface area contributed by atoms with Gasteiger partial charge in [-0.15, -0.1) is 0 Å². The summed E-state index contributed by atoms with van der Waals surface area (Å²) in [6.07, 6.45) is 8.39. The van der Waals surface area contributed by atoms with Gasteiger partial charge in [0.25, 0.3) is 5.91 Å². The van der Waals surface area contributed by atoms with Gasteiger partial charge in [-0.1, -0.05) is 23.7 Å². The van der Waals surface area contributed by atoms with Crippen LogP contribution in [0.25, 0.3) is 11.5 Å². The van der Waals surface area contributed by atoms with E-state index in [4.69, 9.17) is 11.6 Å². The Kier molecular flexibility index (Phi) is 4.20. The molecule has 0 radical (unpaired) electrons. The number of anilines is 1. The SMILES string of the molecule is O=C(Nc1ccc(-n2ccnc2)nc1)c1ccn(-c2ccccc2Cl)n1. The second-order valence-electron chi connectivity index (χ2n) is 5.43. The fourth-order valence-electron chi connectivity index (χ4n) is 2.42. The van der Waals surface area contributed by atoms with E-state index in [1.807, 2.05) is 18.2 Å². The van der Waals surface area contributed by atoms with Crippen LogP contribution < -0.4 is 5.32 Å². The summed E-state index contributed by atoms with van der Waals surface area (Å²) in [6.45, 7) is 0. The molecule has 0 spiro atoms. The monoisotopic (exact) mass is 364 g/mol. The first-order chi connectivity index (χ1) is 12.7. The van der Waals surface area contributed by atoms with Crippen molar-refractivity contribution in [2.24, 2.45) is 0 Å². The van der Waals surface area contributed by atoms with Crippen LogP contribution in [0.5, 0.6) is 0 Å². The lowest BCUT2D eigenvalue weighted by Crippen LogP contribution is -2.13. The molecule has 0 aliphatic heterocycles. The molecule has 0 aliphatic carbocycles. The van der Waals surface area contributed by atoms with Gasteiger partial charge in [-0.3, -0.25) is 9.36 Å². The van der Waals surface area contributed by atoms with Crippen molar-refractivity contribution in [2.75, 3.05) is 5.32 Å². The number of hydrogen-bond acceptors (Lipinski definition) is 4. The lowest BCUT2D eigenvalue weighted by atomic mass is 10.3. The third-order valence-electron chi connectivity index (χ3n) is 3.70. The minimum absolute atomic E-state index is 0.281. The van der Waals surface area contributed by atoms with E-state index in [0.29, 0.717) is 22.2 Å². The number of halogens is 1. The largest absolute Gasteiger partial charge is 0.319 e. The number of amides is 1. The van der Waals surface area contributed by atoms with Gasteiger partial charge in [0.1, 0.15) is 12.1 Å². The molecule has 4 rings (SSSR count). The van der Waals surface area contributed by atoms with Crippen molar-refractivity contribution < 1.29 is 4.79 Å². The Balaban J connectivity index is 1.49. The fourth-order valence-corrected chi connectivity index (χ4v) is 2.64.